The van der Waals surface area contributed by atoms with Gasteiger partial charge in [0.1, 0.15) is 6.10 Å². The highest BCUT2D eigenvalue weighted by Gasteiger charge is 2.25. The lowest BCUT2D eigenvalue weighted by Crippen LogP contribution is -2.22. The number of H-pyrrole nitrogens is 1. The molecule has 0 spiro atoms. The molecule has 1 aliphatic rings. The van der Waals surface area contributed by atoms with Crippen molar-refractivity contribution in [3.8, 4) is 0 Å². The van der Waals surface area contributed by atoms with Crippen molar-refractivity contribution >= 4 is 22.7 Å². The number of aliphatic hydroxyl groups excluding tert-OH is 2. The topological polar surface area (TPSA) is 99.6 Å². The molecule has 1 heterocycles. The molecular formula is C17H19NO5. The Labute approximate surface area is 133 Å². The highest BCUT2D eigenvalue weighted by molar-refractivity contribution is 6.03. The molecule has 2 aromatic rings. The van der Waals surface area contributed by atoms with E-state index in [4.69, 9.17) is 0 Å². The van der Waals surface area contributed by atoms with Crippen LogP contribution in [0.15, 0.2) is 18.2 Å². The number of aryl methyl sites for hydroxylation is 1. The van der Waals surface area contributed by atoms with Gasteiger partial charge in [0.25, 0.3) is 0 Å². The van der Waals surface area contributed by atoms with Crippen LogP contribution in [0.3, 0.4) is 0 Å². The number of Topliss-reactive ketones (excluding diaryl/α,β-unsaturated/α-hetero) is 1. The summed E-state index contributed by atoms with van der Waals surface area (Å²) in [6, 6.07) is 5.23. The molecule has 1 aromatic heterocycles. The lowest BCUT2D eigenvalue weighted by molar-refractivity contribution is -0.144. The van der Waals surface area contributed by atoms with E-state index in [-0.39, 0.29) is 12.2 Å². The van der Waals surface area contributed by atoms with E-state index < -0.39 is 18.2 Å². The van der Waals surface area contributed by atoms with Crippen molar-refractivity contribution in [2.45, 2.75) is 37.9 Å². The van der Waals surface area contributed by atoms with Crippen molar-refractivity contribution in [3.05, 3.63) is 35.0 Å². The number of carbonyl (C=O) groups excluding carboxylic acids is 2. The zero-order valence-corrected chi connectivity index (χ0v) is 12.8. The van der Waals surface area contributed by atoms with Crippen LogP contribution in [0.25, 0.3) is 10.9 Å². The summed E-state index contributed by atoms with van der Waals surface area (Å²) in [6.45, 7) is 0. The van der Waals surface area contributed by atoms with E-state index in [1.807, 2.05) is 0 Å². The third kappa shape index (κ3) is 2.87. The average Bonchev–Trinajstić information content (AvgIpc) is 2.93. The van der Waals surface area contributed by atoms with Crippen LogP contribution in [0.1, 0.15) is 47.0 Å². The van der Waals surface area contributed by atoms with Crippen LogP contribution in [-0.2, 0) is 16.0 Å². The number of nitrogens with one attached hydrogen (secondary N) is 1. The number of fused-ring (bicyclic) bond motifs is 3. The predicted molar refractivity (Wildman–Crippen MR) is 83.2 cm³/mol. The first-order chi connectivity index (χ1) is 11.0. The van der Waals surface area contributed by atoms with Gasteiger partial charge in [-0.25, -0.2) is 0 Å². The van der Waals surface area contributed by atoms with Gasteiger partial charge in [0, 0.05) is 17.3 Å². The molecule has 3 N–H and O–H groups in total. The number of rotatable bonds is 4. The molecule has 0 radical (unpaired) electrons. The highest BCUT2D eigenvalue weighted by Crippen LogP contribution is 2.31. The van der Waals surface area contributed by atoms with Crippen molar-refractivity contribution in [1.29, 1.82) is 0 Å². The van der Waals surface area contributed by atoms with E-state index in [0.717, 1.165) is 29.3 Å². The smallest absolute Gasteiger partial charge is 0.308 e. The number of aromatic amines is 1. The van der Waals surface area contributed by atoms with E-state index in [2.05, 4.69) is 9.72 Å². The van der Waals surface area contributed by atoms with Gasteiger partial charge in [0.2, 0.25) is 0 Å². The quantitative estimate of drug-likeness (QED) is 0.745. The van der Waals surface area contributed by atoms with E-state index >= 15 is 0 Å². The molecule has 23 heavy (non-hydrogen) atoms. The molecule has 6 heteroatoms. The molecule has 2 unspecified atom stereocenters. The molecule has 0 aliphatic heterocycles. The van der Waals surface area contributed by atoms with Gasteiger partial charge in [-0.1, -0.05) is 6.07 Å². The second kappa shape index (κ2) is 6.14. The monoisotopic (exact) mass is 317 g/mol. The summed E-state index contributed by atoms with van der Waals surface area (Å²) in [5.41, 5.74) is 2.96. The molecule has 0 saturated heterocycles. The fourth-order valence-corrected chi connectivity index (χ4v) is 3.09. The summed E-state index contributed by atoms with van der Waals surface area (Å²) < 4.78 is 4.50. The summed E-state index contributed by atoms with van der Waals surface area (Å²) in [7, 11) is 1.23. The molecule has 0 amide bonds. The lowest BCUT2D eigenvalue weighted by atomic mass is 9.93. The number of aliphatic hydroxyl groups is 2. The fourth-order valence-electron chi connectivity index (χ4n) is 3.09. The summed E-state index contributed by atoms with van der Waals surface area (Å²) in [6.07, 6.45) is -0.534. The van der Waals surface area contributed by atoms with Gasteiger partial charge in [0.15, 0.2) is 5.78 Å². The van der Waals surface area contributed by atoms with Crippen molar-refractivity contribution < 1.29 is 24.5 Å². The fraction of sp³-hybridized carbons (Fsp3) is 0.412. The number of esters is 1. The number of ketones is 1. The lowest BCUT2D eigenvalue weighted by Gasteiger charge is -2.17. The summed E-state index contributed by atoms with van der Waals surface area (Å²) in [4.78, 5) is 26.3. The third-order valence-corrected chi connectivity index (χ3v) is 4.35. The van der Waals surface area contributed by atoms with Gasteiger partial charge in [-0.05, 0) is 36.1 Å². The molecule has 3 rings (SSSR count). The Morgan fingerprint density at radius 2 is 2.13 bits per heavy atom. The number of carbonyl (C=O) groups is 2. The molecule has 0 fully saturated rings. The summed E-state index contributed by atoms with van der Waals surface area (Å²) >= 11 is 0. The summed E-state index contributed by atoms with van der Waals surface area (Å²) in [5, 5.41) is 21.1. The maximum absolute atomic E-state index is 12.0. The molecule has 1 aliphatic carbocycles. The maximum Gasteiger partial charge on any atom is 0.308 e. The second-order valence-corrected chi connectivity index (χ2v) is 5.85. The number of methoxy groups -OCH3 is 1. The zero-order chi connectivity index (χ0) is 16.6. The first kappa shape index (κ1) is 15.7. The molecule has 6 nitrogen and oxygen atoms in total. The van der Waals surface area contributed by atoms with Crippen LogP contribution < -0.4 is 0 Å². The Bertz CT molecular complexity index is 764. The molecular weight excluding hydrogens is 298 g/mol. The van der Waals surface area contributed by atoms with Crippen molar-refractivity contribution in [2.75, 3.05) is 7.11 Å². The average molecular weight is 317 g/mol. The van der Waals surface area contributed by atoms with E-state index in [1.54, 1.807) is 18.2 Å². The third-order valence-electron chi connectivity index (χ3n) is 4.35. The molecule has 1 aromatic carbocycles. The van der Waals surface area contributed by atoms with Crippen LogP contribution in [0.4, 0.5) is 0 Å². The van der Waals surface area contributed by atoms with Crippen molar-refractivity contribution in [2.24, 2.45) is 0 Å². The predicted octanol–water partition coefficient (Wildman–Crippen LogP) is 1.64. The van der Waals surface area contributed by atoms with Gasteiger partial charge in [0.05, 0.1) is 25.3 Å². The summed E-state index contributed by atoms with van der Waals surface area (Å²) in [5.74, 6) is -0.475. The van der Waals surface area contributed by atoms with Crippen molar-refractivity contribution in [1.82, 2.24) is 4.98 Å². The molecule has 0 saturated carbocycles. The Morgan fingerprint density at radius 3 is 2.87 bits per heavy atom. The van der Waals surface area contributed by atoms with Gasteiger partial charge < -0.3 is 19.9 Å². The SMILES string of the molecule is COC(=O)CC(O)C(O)c1ccc2[nH]c3c(c2c1)CCCC3=O. The molecule has 122 valence electrons. The van der Waals surface area contributed by atoms with Gasteiger partial charge >= 0.3 is 5.97 Å². The van der Waals surface area contributed by atoms with Crippen LogP contribution in [0.5, 0.6) is 0 Å². The normalized spacial score (nSPS) is 16.9. The molecule has 0 bridgehead atoms. The minimum Gasteiger partial charge on any atom is -0.469 e. The van der Waals surface area contributed by atoms with Crippen LogP contribution >= 0.6 is 0 Å². The standard InChI is InChI=1S/C17H19NO5/c1-23-15(21)8-14(20)17(22)9-5-6-12-11(7-9)10-3-2-4-13(19)16(10)18-12/h5-7,14,17-18,20,22H,2-4,8H2,1H3. The van der Waals surface area contributed by atoms with E-state index in [0.29, 0.717) is 17.7 Å². The Kier molecular flexibility index (Phi) is 4.19. The minimum atomic E-state index is -1.24. The Balaban J connectivity index is 1.93. The first-order valence-corrected chi connectivity index (χ1v) is 7.62. The van der Waals surface area contributed by atoms with Gasteiger partial charge in [-0.2, -0.15) is 0 Å². The van der Waals surface area contributed by atoms with Crippen LogP contribution in [0, 0.1) is 0 Å². The number of hydrogen-bond acceptors (Lipinski definition) is 5. The second-order valence-electron chi connectivity index (χ2n) is 5.85. The van der Waals surface area contributed by atoms with E-state index in [1.165, 1.54) is 7.11 Å². The van der Waals surface area contributed by atoms with Gasteiger partial charge in [-0.3, -0.25) is 9.59 Å². The minimum absolute atomic E-state index is 0.107. The van der Waals surface area contributed by atoms with Crippen LogP contribution in [0.2, 0.25) is 0 Å². The number of ether oxygens (including phenoxy) is 1. The highest BCUT2D eigenvalue weighted by atomic mass is 16.5. The first-order valence-electron chi connectivity index (χ1n) is 7.62. The van der Waals surface area contributed by atoms with Crippen molar-refractivity contribution in [3.63, 3.8) is 0 Å². The number of benzene rings is 1. The zero-order valence-electron chi connectivity index (χ0n) is 12.8. The van der Waals surface area contributed by atoms with Gasteiger partial charge in [-0.15, -0.1) is 0 Å². The molecule has 2 atom stereocenters. The number of hydrogen-bond donors (Lipinski definition) is 3. The van der Waals surface area contributed by atoms with E-state index in [9.17, 15) is 19.8 Å². The Morgan fingerprint density at radius 1 is 1.35 bits per heavy atom. The van der Waals surface area contributed by atoms with Crippen LogP contribution in [-0.4, -0.2) is 40.2 Å². The maximum atomic E-state index is 12.0. The largest absolute Gasteiger partial charge is 0.469 e. The number of aromatic nitrogens is 1. The Hall–Kier alpha value is -2.18.